The lowest BCUT2D eigenvalue weighted by atomic mass is 9.78. The van der Waals surface area contributed by atoms with E-state index in [4.69, 9.17) is 0 Å². The minimum atomic E-state index is -4.64. The van der Waals surface area contributed by atoms with Gasteiger partial charge in [0.15, 0.2) is 0 Å². The summed E-state index contributed by atoms with van der Waals surface area (Å²) in [6.07, 6.45) is 0. The van der Waals surface area contributed by atoms with Gasteiger partial charge in [0.1, 0.15) is 0 Å². The summed E-state index contributed by atoms with van der Waals surface area (Å²) in [5.41, 5.74) is 26.9. The molecule has 0 aliphatic carbocycles. The smallest absolute Gasteiger partial charge is 0.379 e. The normalized spacial score (nSPS) is 14.1. The van der Waals surface area contributed by atoms with E-state index in [0.29, 0.717) is 23.7 Å². The first kappa shape index (κ1) is 60.9. The third-order valence-electron chi connectivity index (χ3n) is 16.9. The minimum absolute atomic E-state index is 0.0920. The van der Waals surface area contributed by atoms with E-state index in [2.05, 4.69) is 260 Å². The summed E-state index contributed by atoms with van der Waals surface area (Å²) >= 11 is 0. The summed E-state index contributed by atoms with van der Waals surface area (Å²) in [5, 5.41) is 0. The Balaban J connectivity index is 1.68. The van der Waals surface area contributed by atoms with Gasteiger partial charge >= 0.3 is 18.7 Å². The van der Waals surface area contributed by atoms with Crippen LogP contribution in [0.1, 0.15) is 304 Å². The van der Waals surface area contributed by atoms with E-state index >= 15 is 0 Å². The van der Waals surface area contributed by atoms with Gasteiger partial charge in [-0.05, 0) is 160 Å². The lowest BCUT2D eigenvalue weighted by Crippen LogP contribution is -2.83. The third kappa shape index (κ3) is 11.5. The number of rotatable bonds is 18. The first-order valence-corrected chi connectivity index (χ1v) is 32.9. The Morgan fingerprint density at radius 1 is 0.282 bits per heavy atom. The van der Waals surface area contributed by atoms with Crippen molar-refractivity contribution in [2.24, 2.45) is 0 Å². The fourth-order valence-corrected chi connectivity index (χ4v) is 15.9. The van der Waals surface area contributed by atoms with E-state index in [1.165, 1.54) is 89.0 Å². The SMILES string of the molecule is CC(C)c1cc(C(C)C)c(-c2cccc(-c3c(C(C)C)cc(C(C)C)cc3C(C)C)c2N2[Si]N(c3c(-c4c(C(C)C)cc(C(C)C)cc4C(C)C)cccc3-c3c(C(C)C)cc(C(C)C)cc3C(C)C)[Si]2(O)O)c(C(C)C)c1. The maximum absolute atomic E-state index is 14.1. The molecule has 0 unspecified atom stereocenters. The van der Waals surface area contributed by atoms with Crippen LogP contribution in [0.25, 0.3) is 44.5 Å². The van der Waals surface area contributed by atoms with Crippen LogP contribution in [-0.4, -0.2) is 28.3 Å². The molecule has 0 bridgehead atoms. The highest BCUT2D eigenvalue weighted by Crippen LogP contribution is 2.55. The van der Waals surface area contributed by atoms with E-state index in [9.17, 15) is 9.59 Å². The number of nitrogens with zero attached hydrogens (tertiary/aromatic N) is 2. The van der Waals surface area contributed by atoms with Gasteiger partial charge in [0.25, 0.3) is 0 Å². The first-order chi connectivity index (χ1) is 36.4. The monoisotopic (exact) mass is 1080 g/mol. The standard InChI is InChI=1S/C72H100N2O2Si2/c1-39(2)51-31-59(43(9)10)67(60(32-51)44(11)12)55-27-25-28-56(68-61(45(13)14)33-52(40(3)4)34-62(68)46(15)16)71(55)73-77-74(78(73,75)76)72-57(69-63(47(17)18)35-53(41(5)6)36-64(69)48(19)20)29-26-30-58(72)70-65(49(21)22)37-54(42(7)8)38-66(70)50(23)24/h25-50,75-76H,1-24H3. The Hall–Kier alpha value is -4.73. The Morgan fingerprint density at radius 3 is 0.577 bits per heavy atom. The molecule has 0 saturated carbocycles. The van der Waals surface area contributed by atoms with Crippen LogP contribution < -0.4 is 8.46 Å². The van der Waals surface area contributed by atoms with Crippen LogP contribution in [0.2, 0.25) is 0 Å². The zero-order valence-corrected chi connectivity index (χ0v) is 54.8. The second-order valence-corrected chi connectivity index (χ2v) is 31.0. The fourth-order valence-electron chi connectivity index (χ4n) is 12.1. The van der Waals surface area contributed by atoms with Crippen LogP contribution >= 0.6 is 0 Å². The molecule has 78 heavy (non-hydrogen) atoms. The molecular weight excluding hydrogens is 981 g/mol. The van der Waals surface area contributed by atoms with Gasteiger partial charge in [-0.1, -0.05) is 251 Å². The number of hydrogen-bond acceptors (Lipinski definition) is 4. The molecule has 4 nitrogen and oxygen atoms in total. The van der Waals surface area contributed by atoms with E-state index in [-0.39, 0.29) is 57.2 Å². The van der Waals surface area contributed by atoms with Crippen molar-refractivity contribution in [3.8, 4) is 44.5 Å². The molecule has 1 fully saturated rings. The molecule has 1 heterocycles. The zero-order valence-electron chi connectivity index (χ0n) is 52.8. The van der Waals surface area contributed by atoms with E-state index in [1.54, 1.807) is 0 Å². The summed E-state index contributed by atoms with van der Waals surface area (Å²) in [6.45, 7) is 55.6. The van der Waals surface area contributed by atoms with Gasteiger partial charge in [-0.2, -0.15) is 0 Å². The van der Waals surface area contributed by atoms with Crippen molar-refractivity contribution in [2.45, 2.75) is 237 Å². The van der Waals surface area contributed by atoms with Crippen LogP contribution in [0, 0.1) is 0 Å². The second-order valence-electron chi connectivity index (χ2n) is 26.9. The number of benzene rings is 6. The first-order valence-electron chi connectivity index (χ1n) is 30.2. The molecule has 1 aliphatic rings. The van der Waals surface area contributed by atoms with Gasteiger partial charge in [0.05, 0.1) is 0 Å². The maximum atomic E-state index is 14.1. The molecular formula is C72H100N2O2Si2. The van der Waals surface area contributed by atoms with E-state index < -0.39 is 8.88 Å². The predicted molar refractivity (Wildman–Crippen MR) is 345 cm³/mol. The van der Waals surface area contributed by atoms with Gasteiger partial charge in [-0.15, -0.1) is 0 Å². The van der Waals surface area contributed by atoms with E-state index in [0.717, 1.165) is 33.6 Å². The van der Waals surface area contributed by atoms with Crippen LogP contribution in [0.5, 0.6) is 0 Å². The quantitative estimate of drug-likeness (QED) is 0.0842. The average molecular weight is 1080 g/mol. The second kappa shape index (κ2) is 23.8. The maximum Gasteiger partial charge on any atom is 0.569 e. The van der Waals surface area contributed by atoms with Gasteiger partial charge in [0.2, 0.25) is 0 Å². The van der Waals surface area contributed by atoms with Crippen molar-refractivity contribution in [3.05, 3.63) is 152 Å². The summed E-state index contributed by atoms with van der Waals surface area (Å²) < 4.78 is 4.22. The van der Waals surface area contributed by atoms with Crippen molar-refractivity contribution < 1.29 is 9.59 Å². The number of hydrogen-bond donors (Lipinski definition) is 2. The zero-order chi connectivity index (χ0) is 57.9. The molecule has 418 valence electrons. The third-order valence-corrected chi connectivity index (χ3v) is 21.8. The molecule has 2 N–H and O–H groups in total. The molecule has 1 saturated heterocycles. The molecule has 2 radical (unpaired) electrons. The predicted octanol–water partition coefficient (Wildman–Crippen LogP) is 21.1. The summed E-state index contributed by atoms with van der Waals surface area (Å²) in [6, 6.07) is 33.3. The Kier molecular flexibility index (Phi) is 18.6. The molecule has 6 aromatic carbocycles. The molecule has 0 spiro atoms. The van der Waals surface area contributed by atoms with Gasteiger partial charge in [-0.3, -0.25) is 0 Å². The molecule has 0 amide bonds. The van der Waals surface area contributed by atoms with Gasteiger partial charge in [0, 0.05) is 33.6 Å². The lowest BCUT2D eigenvalue weighted by Gasteiger charge is -2.53. The van der Waals surface area contributed by atoms with Gasteiger partial charge in [-0.25, -0.2) is 0 Å². The van der Waals surface area contributed by atoms with Crippen molar-refractivity contribution in [1.29, 1.82) is 0 Å². The highest BCUT2D eigenvalue weighted by atomic mass is 28.5. The topological polar surface area (TPSA) is 46.9 Å². The number of anilines is 2. The Morgan fingerprint density at radius 2 is 0.449 bits per heavy atom. The lowest BCUT2D eigenvalue weighted by molar-refractivity contribution is 0.358. The summed E-state index contributed by atoms with van der Waals surface area (Å²) in [5.74, 6) is 3.26. The minimum Gasteiger partial charge on any atom is -0.379 e. The molecule has 7 rings (SSSR count). The highest BCUT2D eigenvalue weighted by Gasteiger charge is 2.60. The van der Waals surface area contributed by atoms with E-state index in [1.807, 2.05) is 0 Å². The average Bonchev–Trinajstić information content (AvgIpc) is 3.36. The van der Waals surface area contributed by atoms with Crippen LogP contribution in [0.3, 0.4) is 0 Å². The summed E-state index contributed by atoms with van der Waals surface area (Å²) in [4.78, 5) is 28.1. The van der Waals surface area contributed by atoms with Crippen LogP contribution in [-0.2, 0) is 0 Å². The molecule has 1 aliphatic heterocycles. The van der Waals surface area contributed by atoms with Crippen LogP contribution in [0.4, 0.5) is 11.4 Å². The van der Waals surface area contributed by atoms with Crippen LogP contribution in [0.15, 0.2) is 84.9 Å². The number of para-hydroxylation sites is 2. The highest BCUT2D eigenvalue weighted by molar-refractivity contribution is 7.01. The summed E-state index contributed by atoms with van der Waals surface area (Å²) in [7, 11) is -4.73. The van der Waals surface area contributed by atoms with Crippen molar-refractivity contribution >= 4 is 30.1 Å². The molecule has 6 heteroatoms. The Labute approximate surface area is 478 Å². The van der Waals surface area contributed by atoms with Crippen molar-refractivity contribution in [2.75, 3.05) is 8.46 Å². The van der Waals surface area contributed by atoms with Crippen molar-refractivity contribution in [3.63, 3.8) is 0 Å². The van der Waals surface area contributed by atoms with Gasteiger partial charge < -0.3 is 18.1 Å². The molecule has 0 atom stereocenters. The molecule has 0 aromatic heterocycles. The fraction of sp³-hybridized carbons (Fsp3) is 0.500. The van der Waals surface area contributed by atoms with Crippen molar-refractivity contribution in [1.82, 2.24) is 0 Å². The Bertz CT molecular complexity index is 2620. The molecule has 6 aromatic rings. The largest absolute Gasteiger partial charge is 0.569 e.